The van der Waals surface area contributed by atoms with Crippen molar-refractivity contribution in [2.75, 3.05) is 0 Å². The van der Waals surface area contributed by atoms with E-state index in [9.17, 15) is 0 Å². The van der Waals surface area contributed by atoms with Crippen LogP contribution in [0.4, 0.5) is 0 Å². The van der Waals surface area contributed by atoms with Crippen LogP contribution in [0.3, 0.4) is 0 Å². The lowest BCUT2D eigenvalue weighted by Crippen LogP contribution is -1.87. The summed E-state index contributed by atoms with van der Waals surface area (Å²) in [4.78, 5) is 0. The van der Waals surface area contributed by atoms with E-state index in [0.29, 0.717) is 0 Å². The van der Waals surface area contributed by atoms with Crippen molar-refractivity contribution in [2.45, 2.75) is 117 Å². The monoisotopic (exact) mass is 294 g/mol. The fourth-order valence-corrected chi connectivity index (χ4v) is 2.80. The van der Waals surface area contributed by atoms with E-state index >= 15 is 0 Å². The van der Waals surface area contributed by atoms with Crippen LogP contribution in [-0.2, 0) is 0 Å². The molecule has 0 N–H and O–H groups in total. The maximum atomic E-state index is 2.42. The van der Waals surface area contributed by atoms with Gasteiger partial charge in [-0.3, -0.25) is 0 Å². The predicted octanol–water partition coefficient (Wildman–Crippen LogP) is 8.07. The predicted molar refractivity (Wildman–Crippen MR) is 98.9 cm³/mol. The molecule has 0 spiro atoms. The number of rotatable bonds is 16. The molecule has 0 amide bonds. The summed E-state index contributed by atoms with van der Waals surface area (Å²) in [6.07, 6.45) is 26.0. The molecule has 0 atom stereocenters. The van der Waals surface area contributed by atoms with Crippen LogP contribution in [0.5, 0.6) is 0 Å². The van der Waals surface area contributed by atoms with Crippen LogP contribution < -0.4 is 0 Å². The molecule has 0 fully saturated rings. The molecule has 0 aliphatic rings. The highest BCUT2D eigenvalue weighted by atomic mass is 14.0. The zero-order chi connectivity index (χ0) is 15.6. The lowest BCUT2D eigenvalue weighted by atomic mass is 10.0. The Bertz CT molecular complexity index is 202. The molecule has 0 heteroatoms. The van der Waals surface area contributed by atoms with E-state index in [0.717, 1.165) is 5.92 Å². The van der Waals surface area contributed by atoms with Crippen molar-refractivity contribution in [3.8, 4) is 0 Å². The molecule has 0 heterocycles. The molecule has 0 saturated heterocycles. The maximum Gasteiger partial charge on any atom is -0.0351 e. The molecule has 0 radical (unpaired) electrons. The fourth-order valence-electron chi connectivity index (χ4n) is 2.80. The van der Waals surface area contributed by atoms with Crippen molar-refractivity contribution < 1.29 is 0 Å². The van der Waals surface area contributed by atoms with Gasteiger partial charge in [0.05, 0.1) is 0 Å². The number of hydrogen-bond donors (Lipinski definition) is 0. The molecule has 0 aliphatic heterocycles. The molecule has 0 aromatic carbocycles. The minimum atomic E-state index is 0.888. The Hall–Kier alpha value is -0.260. The summed E-state index contributed by atoms with van der Waals surface area (Å²) >= 11 is 0. The van der Waals surface area contributed by atoms with Gasteiger partial charge in [0.25, 0.3) is 0 Å². The van der Waals surface area contributed by atoms with E-state index in [1.807, 2.05) is 0 Å². The molecular weight excluding hydrogens is 252 g/mol. The van der Waals surface area contributed by atoms with E-state index in [2.05, 4.69) is 32.9 Å². The first-order valence-electron chi connectivity index (χ1n) is 9.92. The van der Waals surface area contributed by atoms with Crippen molar-refractivity contribution in [3.05, 3.63) is 12.2 Å². The molecule has 21 heavy (non-hydrogen) atoms. The van der Waals surface area contributed by atoms with Gasteiger partial charge >= 0.3 is 0 Å². The van der Waals surface area contributed by atoms with Crippen LogP contribution >= 0.6 is 0 Å². The second kappa shape index (κ2) is 17.8. The van der Waals surface area contributed by atoms with Gasteiger partial charge < -0.3 is 0 Å². The molecule has 0 saturated carbocycles. The number of hydrogen-bond acceptors (Lipinski definition) is 0. The molecule has 0 nitrogen and oxygen atoms in total. The molecule has 0 bridgehead atoms. The maximum absolute atomic E-state index is 2.42. The van der Waals surface area contributed by atoms with Crippen LogP contribution in [0.25, 0.3) is 0 Å². The van der Waals surface area contributed by atoms with Gasteiger partial charge in [0.1, 0.15) is 0 Å². The van der Waals surface area contributed by atoms with Crippen molar-refractivity contribution in [1.82, 2.24) is 0 Å². The Morgan fingerprint density at radius 3 is 1.48 bits per heavy atom. The topological polar surface area (TPSA) is 0 Å². The van der Waals surface area contributed by atoms with Gasteiger partial charge in [0, 0.05) is 0 Å². The van der Waals surface area contributed by atoms with Gasteiger partial charge in [-0.05, 0) is 31.6 Å². The largest absolute Gasteiger partial charge is 0.0885 e. The van der Waals surface area contributed by atoms with Gasteiger partial charge in [-0.2, -0.15) is 0 Å². The molecule has 0 rings (SSSR count). The summed E-state index contributed by atoms with van der Waals surface area (Å²) in [5.74, 6) is 0.888. The normalized spacial score (nSPS) is 11.8. The van der Waals surface area contributed by atoms with Crippen LogP contribution in [-0.4, -0.2) is 0 Å². The highest BCUT2D eigenvalue weighted by Crippen LogP contribution is 2.12. The van der Waals surface area contributed by atoms with E-state index in [1.165, 1.54) is 96.3 Å². The van der Waals surface area contributed by atoms with Crippen molar-refractivity contribution in [1.29, 1.82) is 0 Å². The fraction of sp³-hybridized carbons (Fsp3) is 0.905. The summed E-state index contributed by atoms with van der Waals surface area (Å²) in [6, 6.07) is 0. The highest BCUT2D eigenvalue weighted by molar-refractivity contribution is 4.81. The smallest absolute Gasteiger partial charge is 0.0351 e. The first-order valence-corrected chi connectivity index (χ1v) is 9.92. The minimum absolute atomic E-state index is 0.888. The Morgan fingerprint density at radius 2 is 1.00 bits per heavy atom. The molecular formula is C21H42. The quantitative estimate of drug-likeness (QED) is 0.199. The van der Waals surface area contributed by atoms with Crippen molar-refractivity contribution in [3.63, 3.8) is 0 Å². The van der Waals surface area contributed by atoms with Crippen molar-refractivity contribution in [2.24, 2.45) is 5.92 Å². The van der Waals surface area contributed by atoms with Crippen LogP contribution in [0.2, 0.25) is 0 Å². The zero-order valence-electron chi connectivity index (χ0n) is 15.3. The number of unbranched alkanes of at least 4 members (excludes halogenated alkanes) is 12. The van der Waals surface area contributed by atoms with E-state index in [4.69, 9.17) is 0 Å². The summed E-state index contributed by atoms with van der Waals surface area (Å²) < 4.78 is 0. The lowest BCUT2D eigenvalue weighted by Gasteiger charge is -2.03. The van der Waals surface area contributed by atoms with E-state index in [-0.39, 0.29) is 0 Å². The van der Waals surface area contributed by atoms with Gasteiger partial charge in [0.15, 0.2) is 0 Å². The molecule has 0 aromatic heterocycles. The van der Waals surface area contributed by atoms with Gasteiger partial charge in [-0.15, -0.1) is 0 Å². The molecule has 0 aromatic rings. The van der Waals surface area contributed by atoms with Gasteiger partial charge in [-0.1, -0.05) is 104 Å². The summed E-state index contributed by atoms with van der Waals surface area (Å²) in [5, 5.41) is 0. The van der Waals surface area contributed by atoms with Gasteiger partial charge in [0.2, 0.25) is 0 Å². The van der Waals surface area contributed by atoms with E-state index in [1.54, 1.807) is 0 Å². The highest BCUT2D eigenvalue weighted by Gasteiger charge is 1.94. The lowest BCUT2D eigenvalue weighted by molar-refractivity contribution is 0.516. The Kier molecular flexibility index (Phi) is 17.6. The van der Waals surface area contributed by atoms with Gasteiger partial charge in [-0.25, -0.2) is 0 Å². The van der Waals surface area contributed by atoms with Crippen LogP contribution in [0, 0.1) is 5.92 Å². The molecule has 0 aliphatic carbocycles. The van der Waals surface area contributed by atoms with Crippen molar-refractivity contribution >= 4 is 0 Å². The second-order valence-corrected chi connectivity index (χ2v) is 7.12. The summed E-state index contributed by atoms with van der Waals surface area (Å²) in [7, 11) is 0. The van der Waals surface area contributed by atoms with E-state index < -0.39 is 0 Å². The molecule has 0 unspecified atom stereocenters. The minimum Gasteiger partial charge on any atom is -0.0885 e. The third kappa shape index (κ3) is 19.7. The van der Waals surface area contributed by atoms with Crippen LogP contribution in [0.15, 0.2) is 12.2 Å². The SMILES string of the molecule is CCCCCCCCC/C=C\CCCCCCCC(C)C. The third-order valence-corrected chi connectivity index (χ3v) is 4.29. The third-order valence-electron chi connectivity index (χ3n) is 4.29. The average Bonchev–Trinajstić information content (AvgIpc) is 2.46. The number of allylic oxidation sites excluding steroid dienone is 2. The first-order chi connectivity index (χ1) is 10.3. The second-order valence-electron chi connectivity index (χ2n) is 7.12. The first kappa shape index (κ1) is 20.7. The Balaban J connectivity index is 3.05. The standard InChI is InChI=1S/C21H42/c1-4-5-6-7-8-9-10-11-12-13-14-15-16-17-18-19-20-21(2)3/h12-13,21H,4-11,14-20H2,1-3H3/b13-12-. The summed E-state index contributed by atoms with van der Waals surface area (Å²) in [6.45, 7) is 6.95. The Morgan fingerprint density at radius 1 is 0.571 bits per heavy atom. The Labute approximate surface area is 135 Å². The zero-order valence-corrected chi connectivity index (χ0v) is 15.3. The summed E-state index contributed by atoms with van der Waals surface area (Å²) in [5.41, 5.74) is 0. The molecule has 126 valence electrons. The van der Waals surface area contributed by atoms with Crippen LogP contribution in [0.1, 0.15) is 117 Å². The average molecular weight is 295 g/mol.